The van der Waals surface area contributed by atoms with Crippen LogP contribution < -0.4 is 0 Å². The van der Waals surface area contributed by atoms with Crippen molar-refractivity contribution >= 4 is 39.1 Å². The van der Waals surface area contributed by atoms with E-state index in [1.54, 1.807) is 6.07 Å². The molecule has 0 aliphatic rings. The molecule has 0 fully saturated rings. The van der Waals surface area contributed by atoms with Gasteiger partial charge in [-0.2, -0.15) is 0 Å². The van der Waals surface area contributed by atoms with Crippen LogP contribution in [0.4, 0.5) is 4.39 Å². The Bertz CT molecular complexity index is 662. The number of rotatable bonds is 2. The molecule has 0 radical (unpaired) electrons. The summed E-state index contributed by atoms with van der Waals surface area (Å²) >= 11 is 15.9. The monoisotopic (exact) mass is 388 g/mol. The third kappa shape index (κ3) is 3.61. The topological polar surface area (TPSA) is 0 Å². The summed E-state index contributed by atoms with van der Waals surface area (Å²) in [6.07, 6.45) is 0. The van der Waals surface area contributed by atoms with Crippen LogP contribution in [0.3, 0.4) is 0 Å². The fourth-order valence-corrected chi connectivity index (χ4v) is 3.15. The Morgan fingerprint density at radius 2 is 1.71 bits per heavy atom. The molecule has 1 atom stereocenters. The van der Waals surface area contributed by atoms with Crippen LogP contribution in [0.15, 0.2) is 40.9 Å². The Hall–Kier alpha value is -0.570. The summed E-state index contributed by atoms with van der Waals surface area (Å²) in [6, 6.07) is 10.8. The van der Waals surface area contributed by atoms with Gasteiger partial charge in [-0.25, -0.2) is 4.39 Å². The van der Waals surface area contributed by atoms with Crippen molar-refractivity contribution in [3.63, 3.8) is 0 Å². The number of hydrogen-bond acceptors (Lipinski definition) is 0. The van der Waals surface area contributed by atoms with Crippen LogP contribution >= 0.6 is 39.1 Å². The predicted molar refractivity (Wildman–Crippen MR) is 91.9 cm³/mol. The van der Waals surface area contributed by atoms with Crippen LogP contribution in [0.25, 0.3) is 0 Å². The highest BCUT2D eigenvalue weighted by Crippen LogP contribution is 2.39. The number of benzene rings is 2. The first-order valence-corrected chi connectivity index (χ1v) is 8.20. The molecule has 0 bridgehead atoms. The minimum absolute atomic E-state index is 0.0701. The molecule has 0 saturated carbocycles. The second kappa shape index (κ2) is 6.28. The van der Waals surface area contributed by atoms with Crippen molar-refractivity contribution in [3.8, 4) is 0 Å². The SMILES string of the molecule is CC(C)(C)c1ccccc1C(Cl)c1cc(Cl)c(Br)cc1F. The third-order valence-corrected chi connectivity index (χ3v) is 5.02. The minimum atomic E-state index is -0.578. The van der Waals surface area contributed by atoms with Gasteiger partial charge in [-0.1, -0.05) is 56.6 Å². The summed E-state index contributed by atoms with van der Waals surface area (Å²) in [5.41, 5.74) is 2.33. The van der Waals surface area contributed by atoms with Gasteiger partial charge in [-0.15, -0.1) is 11.6 Å². The van der Waals surface area contributed by atoms with Crippen LogP contribution in [0, 0.1) is 5.82 Å². The summed E-state index contributed by atoms with van der Waals surface area (Å²) in [5, 5.41) is -0.128. The summed E-state index contributed by atoms with van der Waals surface area (Å²) in [6.45, 7) is 6.33. The van der Waals surface area contributed by atoms with Gasteiger partial charge < -0.3 is 0 Å². The van der Waals surface area contributed by atoms with Crippen molar-refractivity contribution in [3.05, 3.63) is 68.4 Å². The van der Waals surface area contributed by atoms with Gasteiger partial charge >= 0.3 is 0 Å². The molecule has 0 spiro atoms. The molecule has 0 aliphatic heterocycles. The van der Waals surface area contributed by atoms with E-state index in [1.807, 2.05) is 24.3 Å². The van der Waals surface area contributed by atoms with Gasteiger partial charge in [0, 0.05) is 10.0 Å². The summed E-state index contributed by atoms with van der Waals surface area (Å²) in [4.78, 5) is 0. The first kappa shape index (κ1) is 16.8. The zero-order valence-electron chi connectivity index (χ0n) is 12.1. The molecular weight excluding hydrogens is 374 g/mol. The molecule has 21 heavy (non-hydrogen) atoms. The maximum atomic E-state index is 14.2. The van der Waals surface area contributed by atoms with E-state index < -0.39 is 5.38 Å². The number of halogens is 4. The lowest BCUT2D eigenvalue weighted by molar-refractivity contribution is 0.579. The maximum absolute atomic E-state index is 14.2. The first-order chi connectivity index (χ1) is 9.71. The standard InChI is InChI=1S/C17H16BrCl2F/c1-17(2,3)12-7-5-4-6-10(12)16(20)11-8-14(19)13(18)9-15(11)21/h4-9,16H,1-3H3. The molecule has 1 unspecified atom stereocenters. The Kier molecular flexibility index (Phi) is 5.02. The molecular formula is C17H16BrCl2F. The van der Waals surface area contributed by atoms with Crippen LogP contribution in [-0.2, 0) is 5.41 Å². The Morgan fingerprint density at radius 1 is 1.10 bits per heavy atom. The summed E-state index contributed by atoms with van der Waals surface area (Å²) < 4.78 is 14.7. The van der Waals surface area contributed by atoms with Crippen molar-refractivity contribution in [2.75, 3.05) is 0 Å². The van der Waals surface area contributed by atoms with E-state index in [0.717, 1.165) is 11.1 Å². The lowest BCUT2D eigenvalue weighted by Crippen LogP contribution is -2.15. The lowest BCUT2D eigenvalue weighted by atomic mass is 9.82. The normalized spacial score (nSPS) is 13.3. The van der Waals surface area contributed by atoms with E-state index in [4.69, 9.17) is 23.2 Å². The quantitative estimate of drug-likeness (QED) is 0.388. The van der Waals surface area contributed by atoms with Gasteiger partial charge in [-0.3, -0.25) is 0 Å². The van der Waals surface area contributed by atoms with E-state index in [0.29, 0.717) is 15.1 Å². The van der Waals surface area contributed by atoms with Crippen molar-refractivity contribution < 1.29 is 4.39 Å². The van der Waals surface area contributed by atoms with E-state index in [1.165, 1.54) is 6.07 Å². The van der Waals surface area contributed by atoms with Crippen LogP contribution in [0.5, 0.6) is 0 Å². The van der Waals surface area contributed by atoms with Gasteiger partial charge in [0.1, 0.15) is 5.82 Å². The summed E-state index contributed by atoms with van der Waals surface area (Å²) in [5.74, 6) is -0.366. The molecule has 0 aliphatic carbocycles. The first-order valence-electron chi connectivity index (χ1n) is 6.59. The Balaban J connectivity index is 2.56. The minimum Gasteiger partial charge on any atom is -0.207 e. The second-order valence-corrected chi connectivity index (χ2v) is 7.69. The molecule has 2 aromatic carbocycles. The second-order valence-electron chi connectivity index (χ2n) is 5.99. The fourth-order valence-electron chi connectivity index (χ4n) is 2.30. The Labute approximate surface area is 143 Å². The fraction of sp³-hybridized carbons (Fsp3) is 0.294. The Morgan fingerprint density at radius 3 is 2.33 bits per heavy atom. The molecule has 0 N–H and O–H groups in total. The molecule has 2 rings (SSSR count). The predicted octanol–water partition coefficient (Wildman–Crippen LogP) is 6.87. The van der Waals surface area contributed by atoms with Crippen molar-refractivity contribution in [1.29, 1.82) is 0 Å². The molecule has 0 amide bonds. The van der Waals surface area contributed by atoms with Crippen LogP contribution in [0.2, 0.25) is 5.02 Å². The molecule has 0 saturated heterocycles. The van der Waals surface area contributed by atoms with Gasteiger partial charge in [0.15, 0.2) is 0 Å². The smallest absolute Gasteiger partial charge is 0.129 e. The van der Waals surface area contributed by atoms with Crippen LogP contribution in [0.1, 0.15) is 42.8 Å². The zero-order valence-corrected chi connectivity index (χ0v) is 15.2. The summed E-state index contributed by atoms with van der Waals surface area (Å²) in [7, 11) is 0. The molecule has 4 heteroatoms. The lowest BCUT2D eigenvalue weighted by Gasteiger charge is -2.25. The van der Waals surface area contributed by atoms with Crippen LogP contribution in [-0.4, -0.2) is 0 Å². The molecule has 0 heterocycles. The molecule has 2 aromatic rings. The van der Waals surface area contributed by atoms with Crippen molar-refractivity contribution in [1.82, 2.24) is 0 Å². The van der Waals surface area contributed by atoms with Gasteiger partial charge in [0.2, 0.25) is 0 Å². The van der Waals surface area contributed by atoms with Gasteiger partial charge in [0.25, 0.3) is 0 Å². The largest absolute Gasteiger partial charge is 0.207 e. The highest BCUT2D eigenvalue weighted by Gasteiger charge is 2.24. The average Bonchev–Trinajstić information content (AvgIpc) is 2.41. The van der Waals surface area contributed by atoms with E-state index in [2.05, 4.69) is 36.7 Å². The van der Waals surface area contributed by atoms with E-state index in [-0.39, 0.29) is 11.2 Å². The van der Waals surface area contributed by atoms with Crippen molar-refractivity contribution in [2.24, 2.45) is 0 Å². The molecule has 0 nitrogen and oxygen atoms in total. The van der Waals surface area contributed by atoms with Gasteiger partial charge in [0.05, 0.1) is 10.4 Å². The highest BCUT2D eigenvalue weighted by molar-refractivity contribution is 9.10. The van der Waals surface area contributed by atoms with E-state index in [9.17, 15) is 4.39 Å². The third-order valence-electron chi connectivity index (χ3n) is 3.35. The highest BCUT2D eigenvalue weighted by atomic mass is 79.9. The van der Waals surface area contributed by atoms with Gasteiger partial charge in [-0.05, 0) is 44.6 Å². The number of alkyl halides is 1. The maximum Gasteiger partial charge on any atom is 0.129 e. The van der Waals surface area contributed by atoms with E-state index >= 15 is 0 Å². The molecule has 112 valence electrons. The molecule has 0 aromatic heterocycles. The zero-order chi connectivity index (χ0) is 15.8. The number of hydrogen-bond donors (Lipinski definition) is 0. The van der Waals surface area contributed by atoms with Crippen molar-refractivity contribution in [2.45, 2.75) is 31.6 Å². The average molecular weight is 390 g/mol.